The molecule has 0 atom stereocenters. The Bertz CT molecular complexity index is 244. The number of thiazole rings is 1. The van der Waals surface area contributed by atoms with E-state index in [1.54, 1.807) is 11.3 Å². The van der Waals surface area contributed by atoms with Crippen molar-refractivity contribution in [3.05, 3.63) is 20.2 Å². The molecule has 0 amide bonds. The highest BCUT2D eigenvalue weighted by Crippen LogP contribution is 2.15. The Labute approximate surface area is 83.9 Å². The van der Waals surface area contributed by atoms with E-state index in [1.165, 1.54) is 2.88 Å². The van der Waals surface area contributed by atoms with Crippen molar-refractivity contribution < 1.29 is 0 Å². The highest BCUT2D eigenvalue weighted by atomic mass is 127. The monoisotopic (exact) mass is 280 g/mol. The highest BCUT2D eigenvalue weighted by Gasteiger charge is 1.92. The number of hydrogen-bond donors (Lipinski definition) is 1. The number of nitrogens with one attached hydrogen (secondary N) is 1. The molecule has 11 heavy (non-hydrogen) atoms. The van der Waals surface area contributed by atoms with Gasteiger partial charge in [-0.05, 0) is 35.7 Å². The maximum atomic E-state index is 4.18. The summed E-state index contributed by atoms with van der Waals surface area (Å²) in [5.41, 5.74) is 0. The molecular formula is C7H9IN2S. The van der Waals surface area contributed by atoms with E-state index >= 15 is 0 Å². The molecular weight excluding hydrogens is 271 g/mol. The van der Waals surface area contributed by atoms with Crippen LogP contribution in [0.2, 0.25) is 0 Å². The van der Waals surface area contributed by atoms with Crippen LogP contribution in [0, 0.1) is 2.88 Å². The van der Waals surface area contributed by atoms with Gasteiger partial charge in [0.1, 0.15) is 5.01 Å². The van der Waals surface area contributed by atoms with Gasteiger partial charge in [0.25, 0.3) is 0 Å². The summed E-state index contributed by atoms with van der Waals surface area (Å²) in [7, 11) is 1.93. The standard InChI is InChI=1S/C7H9IN2S/c1-9-4-2-3-7-10-5-6(8)11-7/h2-3,5,9H,4H2,1H3/b3-2+. The fourth-order valence-electron chi connectivity index (χ4n) is 0.622. The summed E-state index contributed by atoms with van der Waals surface area (Å²) in [5, 5.41) is 4.11. The molecule has 2 nitrogen and oxygen atoms in total. The third kappa shape index (κ3) is 3.31. The van der Waals surface area contributed by atoms with Crippen molar-refractivity contribution in [2.24, 2.45) is 0 Å². The largest absolute Gasteiger partial charge is 0.316 e. The molecule has 0 spiro atoms. The van der Waals surface area contributed by atoms with Crippen LogP contribution in [0.3, 0.4) is 0 Å². The summed E-state index contributed by atoms with van der Waals surface area (Å²) in [4.78, 5) is 4.18. The van der Waals surface area contributed by atoms with Gasteiger partial charge in [0.2, 0.25) is 0 Å². The van der Waals surface area contributed by atoms with Crippen LogP contribution in [0.15, 0.2) is 12.3 Å². The summed E-state index contributed by atoms with van der Waals surface area (Å²) >= 11 is 3.97. The zero-order valence-corrected chi connectivity index (χ0v) is 9.15. The minimum Gasteiger partial charge on any atom is -0.316 e. The number of aromatic nitrogens is 1. The Morgan fingerprint density at radius 3 is 3.18 bits per heavy atom. The second-order valence-electron chi connectivity index (χ2n) is 1.96. The molecule has 60 valence electrons. The van der Waals surface area contributed by atoms with Crippen LogP contribution in [-0.2, 0) is 0 Å². The molecule has 1 aromatic rings. The summed E-state index contributed by atoms with van der Waals surface area (Å²) in [5.74, 6) is 0. The predicted octanol–water partition coefficient (Wildman–Crippen LogP) is 1.98. The summed E-state index contributed by atoms with van der Waals surface area (Å²) < 4.78 is 1.23. The molecule has 0 aliphatic carbocycles. The van der Waals surface area contributed by atoms with Gasteiger partial charge in [-0.3, -0.25) is 0 Å². The molecule has 0 bridgehead atoms. The molecule has 0 unspecified atom stereocenters. The molecule has 0 radical (unpaired) electrons. The molecule has 1 aromatic heterocycles. The molecule has 0 fully saturated rings. The second kappa shape index (κ2) is 4.84. The normalized spacial score (nSPS) is 11.1. The summed E-state index contributed by atoms with van der Waals surface area (Å²) in [6.07, 6.45) is 5.97. The van der Waals surface area contributed by atoms with Crippen LogP contribution in [0.25, 0.3) is 6.08 Å². The number of likely N-dealkylation sites (N-methyl/N-ethyl adjacent to an activating group) is 1. The average molecular weight is 280 g/mol. The van der Waals surface area contributed by atoms with E-state index in [1.807, 2.05) is 19.3 Å². The first-order valence-electron chi connectivity index (χ1n) is 3.25. The van der Waals surface area contributed by atoms with Crippen LogP contribution >= 0.6 is 33.9 Å². The Hall–Kier alpha value is 0.0600. The van der Waals surface area contributed by atoms with Gasteiger partial charge in [-0.15, -0.1) is 11.3 Å². The first-order chi connectivity index (χ1) is 5.33. The lowest BCUT2D eigenvalue weighted by molar-refractivity contribution is 0.922. The number of hydrogen-bond acceptors (Lipinski definition) is 3. The van der Waals surface area contributed by atoms with Gasteiger partial charge in [-0.25, -0.2) is 4.98 Å². The molecule has 4 heteroatoms. The maximum Gasteiger partial charge on any atom is 0.116 e. The third-order valence-electron chi connectivity index (χ3n) is 1.08. The first-order valence-corrected chi connectivity index (χ1v) is 5.15. The smallest absolute Gasteiger partial charge is 0.116 e. The van der Waals surface area contributed by atoms with Crippen LogP contribution in [0.4, 0.5) is 0 Å². The maximum absolute atomic E-state index is 4.18. The predicted molar refractivity (Wildman–Crippen MR) is 57.8 cm³/mol. The van der Waals surface area contributed by atoms with Gasteiger partial charge in [0.05, 0.1) is 9.08 Å². The van der Waals surface area contributed by atoms with Crippen molar-refractivity contribution in [1.29, 1.82) is 0 Å². The van der Waals surface area contributed by atoms with E-state index in [0.29, 0.717) is 0 Å². The van der Waals surface area contributed by atoms with Crippen LogP contribution in [0.1, 0.15) is 5.01 Å². The van der Waals surface area contributed by atoms with Crippen molar-refractivity contribution in [3.63, 3.8) is 0 Å². The van der Waals surface area contributed by atoms with E-state index in [9.17, 15) is 0 Å². The zero-order valence-electron chi connectivity index (χ0n) is 6.17. The van der Waals surface area contributed by atoms with Crippen molar-refractivity contribution in [2.45, 2.75) is 0 Å². The molecule has 0 aliphatic heterocycles. The topological polar surface area (TPSA) is 24.9 Å². The lowest BCUT2D eigenvalue weighted by Gasteiger charge is -1.85. The van der Waals surface area contributed by atoms with Crippen molar-refractivity contribution in [3.8, 4) is 0 Å². The third-order valence-corrected chi connectivity index (χ3v) is 2.77. The van der Waals surface area contributed by atoms with Crippen molar-refractivity contribution >= 4 is 40.0 Å². The second-order valence-corrected chi connectivity index (χ2v) is 4.92. The van der Waals surface area contributed by atoms with Crippen LogP contribution in [0.5, 0.6) is 0 Å². The zero-order chi connectivity index (χ0) is 8.10. The minimum absolute atomic E-state index is 0.899. The quantitative estimate of drug-likeness (QED) is 0.856. The molecule has 0 saturated heterocycles. The average Bonchev–Trinajstić information content (AvgIpc) is 2.37. The first kappa shape index (κ1) is 9.15. The number of halogens is 1. The fraction of sp³-hybridized carbons (Fsp3) is 0.286. The minimum atomic E-state index is 0.899. The molecule has 1 N–H and O–H groups in total. The SMILES string of the molecule is CNC/C=C/c1ncc(I)s1. The molecule has 0 saturated carbocycles. The lowest BCUT2D eigenvalue weighted by Crippen LogP contribution is -2.03. The van der Waals surface area contributed by atoms with Crippen molar-refractivity contribution in [1.82, 2.24) is 10.3 Å². The fourth-order valence-corrected chi connectivity index (χ4v) is 2.01. The Morgan fingerprint density at radius 1 is 1.82 bits per heavy atom. The summed E-state index contributed by atoms with van der Waals surface area (Å²) in [6.45, 7) is 0.899. The Morgan fingerprint density at radius 2 is 2.64 bits per heavy atom. The van der Waals surface area contributed by atoms with Gasteiger partial charge in [-0.2, -0.15) is 0 Å². The van der Waals surface area contributed by atoms with E-state index in [0.717, 1.165) is 11.6 Å². The Kier molecular flexibility index (Phi) is 4.03. The number of rotatable bonds is 3. The van der Waals surface area contributed by atoms with Gasteiger partial charge >= 0.3 is 0 Å². The molecule has 0 aromatic carbocycles. The van der Waals surface area contributed by atoms with E-state index in [-0.39, 0.29) is 0 Å². The van der Waals surface area contributed by atoms with E-state index in [4.69, 9.17) is 0 Å². The van der Waals surface area contributed by atoms with Crippen LogP contribution in [-0.4, -0.2) is 18.6 Å². The van der Waals surface area contributed by atoms with Crippen molar-refractivity contribution in [2.75, 3.05) is 13.6 Å². The van der Waals surface area contributed by atoms with E-state index in [2.05, 4.69) is 39.0 Å². The molecule has 1 rings (SSSR count). The number of nitrogens with zero attached hydrogens (tertiary/aromatic N) is 1. The van der Waals surface area contributed by atoms with Crippen LogP contribution < -0.4 is 5.32 Å². The lowest BCUT2D eigenvalue weighted by atomic mass is 10.5. The van der Waals surface area contributed by atoms with Gasteiger partial charge in [-0.1, -0.05) is 6.08 Å². The van der Waals surface area contributed by atoms with Gasteiger partial charge < -0.3 is 5.32 Å². The Balaban J connectivity index is 2.50. The molecule has 1 heterocycles. The van der Waals surface area contributed by atoms with E-state index < -0.39 is 0 Å². The highest BCUT2D eigenvalue weighted by molar-refractivity contribution is 14.1. The van der Waals surface area contributed by atoms with Gasteiger partial charge in [0.15, 0.2) is 0 Å². The molecule has 0 aliphatic rings. The van der Waals surface area contributed by atoms with Gasteiger partial charge in [0, 0.05) is 6.54 Å². The summed E-state index contributed by atoms with van der Waals surface area (Å²) in [6, 6.07) is 0.